The molecule has 0 radical (unpaired) electrons. The minimum atomic E-state index is -0.742. The van der Waals surface area contributed by atoms with Crippen molar-refractivity contribution in [1.82, 2.24) is 4.90 Å². The SMILES string of the molecule is O=C(CCC[C@H](O)c1ccc(F)cc1)N1CCOC1=O. The molecule has 0 unspecified atom stereocenters. The Hall–Kier alpha value is -1.95. The second-order valence-corrected chi connectivity index (χ2v) is 4.62. The highest BCUT2D eigenvalue weighted by Crippen LogP contribution is 2.20. The van der Waals surface area contributed by atoms with Gasteiger partial charge in [-0.3, -0.25) is 4.79 Å². The van der Waals surface area contributed by atoms with Gasteiger partial charge < -0.3 is 9.84 Å². The number of aliphatic hydroxyl groups excluding tert-OH is 1. The van der Waals surface area contributed by atoms with Gasteiger partial charge in [-0.2, -0.15) is 0 Å². The molecule has 2 rings (SSSR count). The van der Waals surface area contributed by atoms with Gasteiger partial charge in [-0.05, 0) is 30.5 Å². The van der Waals surface area contributed by atoms with Gasteiger partial charge in [0.2, 0.25) is 5.91 Å². The van der Waals surface area contributed by atoms with E-state index in [0.717, 1.165) is 4.90 Å². The summed E-state index contributed by atoms with van der Waals surface area (Å²) in [5.74, 6) is -0.650. The van der Waals surface area contributed by atoms with E-state index >= 15 is 0 Å². The molecule has 0 bridgehead atoms. The zero-order chi connectivity index (χ0) is 14.5. The van der Waals surface area contributed by atoms with Crippen molar-refractivity contribution in [3.05, 3.63) is 35.6 Å². The van der Waals surface area contributed by atoms with E-state index in [1.54, 1.807) is 0 Å². The van der Waals surface area contributed by atoms with E-state index in [0.29, 0.717) is 18.4 Å². The van der Waals surface area contributed by atoms with Gasteiger partial charge in [0.05, 0.1) is 12.6 Å². The van der Waals surface area contributed by atoms with Crippen LogP contribution in [-0.4, -0.2) is 35.2 Å². The second kappa shape index (κ2) is 6.47. The largest absolute Gasteiger partial charge is 0.447 e. The van der Waals surface area contributed by atoms with Crippen molar-refractivity contribution in [3.8, 4) is 0 Å². The number of ether oxygens (including phenoxy) is 1. The monoisotopic (exact) mass is 281 g/mol. The van der Waals surface area contributed by atoms with Crippen LogP contribution >= 0.6 is 0 Å². The van der Waals surface area contributed by atoms with Crippen LogP contribution in [0.15, 0.2) is 24.3 Å². The number of nitrogens with zero attached hydrogens (tertiary/aromatic N) is 1. The van der Waals surface area contributed by atoms with E-state index < -0.39 is 12.2 Å². The van der Waals surface area contributed by atoms with Crippen LogP contribution in [0.3, 0.4) is 0 Å². The van der Waals surface area contributed by atoms with Crippen LogP contribution in [-0.2, 0) is 9.53 Å². The van der Waals surface area contributed by atoms with E-state index in [4.69, 9.17) is 0 Å². The Kier molecular flexibility index (Phi) is 4.68. The average Bonchev–Trinajstić information content (AvgIpc) is 2.85. The molecule has 20 heavy (non-hydrogen) atoms. The van der Waals surface area contributed by atoms with Crippen molar-refractivity contribution in [2.45, 2.75) is 25.4 Å². The summed E-state index contributed by atoms with van der Waals surface area (Å²) < 4.78 is 17.4. The van der Waals surface area contributed by atoms with Crippen molar-refractivity contribution < 1.29 is 23.8 Å². The van der Waals surface area contributed by atoms with Crippen molar-refractivity contribution in [2.75, 3.05) is 13.2 Å². The molecule has 1 aliphatic rings. The molecule has 1 saturated heterocycles. The standard InChI is InChI=1S/C14H16FNO4/c15-11-6-4-10(5-7-11)12(17)2-1-3-13(18)16-8-9-20-14(16)19/h4-7,12,17H,1-3,8-9H2/t12-/m0/s1. The molecule has 1 aromatic rings. The molecule has 6 heteroatoms. The lowest BCUT2D eigenvalue weighted by Crippen LogP contribution is -2.31. The van der Waals surface area contributed by atoms with Gasteiger partial charge >= 0.3 is 6.09 Å². The van der Waals surface area contributed by atoms with E-state index in [2.05, 4.69) is 4.74 Å². The number of carbonyl (C=O) groups excluding carboxylic acids is 2. The highest BCUT2D eigenvalue weighted by molar-refractivity contribution is 5.92. The number of imide groups is 1. The molecule has 1 N–H and O–H groups in total. The second-order valence-electron chi connectivity index (χ2n) is 4.62. The van der Waals surface area contributed by atoms with E-state index in [1.165, 1.54) is 24.3 Å². The Morgan fingerprint density at radius 3 is 2.70 bits per heavy atom. The van der Waals surface area contributed by atoms with Crippen LogP contribution in [0.1, 0.15) is 30.9 Å². The first-order valence-corrected chi connectivity index (χ1v) is 6.48. The zero-order valence-corrected chi connectivity index (χ0v) is 10.9. The van der Waals surface area contributed by atoms with Gasteiger partial charge in [-0.1, -0.05) is 12.1 Å². The Balaban J connectivity index is 1.76. The van der Waals surface area contributed by atoms with Crippen molar-refractivity contribution in [1.29, 1.82) is 0 Å². The predicted octanol–water partition coefficient (Wildman–Crippen LogP) is 2.01. The number of hydrogen-bond donors (Lipinski definition) is 1. The van der Waals surface area contributed by atoms with Gasteiger partial charge in [0.1, 0.15) is 12.4 Å². The van der Waals surface area contributed by atoms with Crippen LogP contribution in [0.4, 0.5) is 9.18 Å². The van der Waals surface area contributed by atoms with Gasteiger partial charge in [-0.25, -0.2) is 14.1 Å². The van der Waals surface area contributed by atoms with E-state index in [1.807, 2.05) is 0 Å². The Morgan fingerprint density at radius 1 is 1.40 bits per heavy atom. The molecular weight excluding hydrogens is 265 g/mol. The molecule has 0 aromatic heterocycles. The number of rotatable bonds is 5. The van der Waals surface area contributed by atoms with Crippen molar-refractivity contribution in [3.63, 3.8) is 0 Å². The van der Waals surface area contributed by atoms with Crippen LogP contribution in [0.2, 0.25) is 0 Å². The fourth-order valence-corrected chi connectivity index (χ4v) is 2.05. The molecule has 0 saturated carbocycles. The average molecular weight is 281 g/mol. The topological polar surface area (TPSA) is 66.8 Å². The summed E-state index contributed by atoms with van der Waals surface area (Å²) in [6, 6.07) is 5.59. The van der Waals surface area contributed by atoms with E-state index in [-0.39, 0.29) is 31.3 Å². The normalized spacial score (nSPS) is 16.1. The molecule has 1 heterocycles. The van der Waals surface area contributed by atoms with Crippen molar-refractivity contribution >= 4 is 12.0 Å². The van der Waals surface area contributed by atoms with E-state index in [9.17, 15) is 19.1 Å². The van der Waals surface area contributed by atoms with Crippen LogP contribution in [0.5, 0.6) is 0 Å². The lowest BCUT2D eigenvalue weighted by atomic mass is 10.0. The lowest BCUT2D eigenvalue weighted by molar-refractivity contribution is -0.127. The summed E-state index contributed by atoms with van der Waals surface area (Å²) in [6.07, 6.45) is -0.350. The third-order valence-corrected chi connectivity index (χ3v) is 3.18. The number of cyclic esters (lactones) is 1. The summed E-state index contributed by atoms with van der Waals surface area (Å²) in [6.45, 7) is 0.529. The smallest absolute Gasteiger partial charge is 0.416 e. The van der Waals surface area contributed by atoms with Gasteiger partial charge in [-0.15, -0.1) is 0 Å². The summed E-state index contributed by atoms with van der Waals surface area (Å²) in [5, 5.41) is 9.90. The van der Waals surface area contributed by atoms with Gasteiger partial charge in [0, 0.05) is 6.42 Å². The quantitative estimate of drug-likeness (QED) is 0.896. The molecule has 0 spiro atoms. The first-order valence-electron chi connectivity index (χ1n) is 6.48. The van der Waals surface area contributed by atoms with Gasteiger partial charge in [0.25, 0.3) is 0 Å². The first kappa shape index (κ1) is 14.5. The third kappa shape index (κ3) is 3.54. The molecule has 1 atom stereocenters. The maximum atomic E-state index is 12.7. The number of benzene rings is 1. The molecule has 0 aliphatic carbocycles. The first-order chi connectivity index (χ1) is 9.58. The fraction of sp³-hybridized carbons (Fsp3) is 0.429. The van der Waals surface area contributed by atoms with Crippen LogP contribution in [0.25, 0.3) is 0 Å². The summed E-state index contributed by atoms with van der Waals surface area (Å²) in [4.78, 5) is 24.0. The maximum Gasteiger partial charge on any atom is 0.416 e. The van der Waals surface area contributed by atoms with Crippen molar-refractivity contribution in [2.24, 2.45) is 0 Å². The summed E-state index contributed by atoms with van der Waals surface area (Å²) >= 11 is 0. The minimum absolute atomic E-state index is 0.174. The number of amides is 2. The number of carbonyl (C=O) groups is 2. The molecular formula is C14H16FNO4. The molecule has 1 aliphatic heterocycles. The zero-order valence-electron chi connectivity index (χ0n) is 10.9. The molecule has 1 fully saturated rings. The number of halogens is 1. The predicted molar refractivity (Wildman–Crippen MR) is 68.3 cm³/mol. The number of hydrogen-bond acceptors (Lipinski definition) is 4. The van der Waals surface area contributed by atoms with Crippen LogP contribution in [0, 0.1) is 5.82 Å². The molecule has 5 nitrogen and oxygen atoms in total. The highest BCUT2D eigenvalue weighted by Gasteiger charge is 2.27. The molecule has 2 amide bonds. The Bertz CT molecular complexity index is 488. The van der Waals surface area contributed by atoms with Gasteiger partial charge in [0.15, 0.2) is 0 Å². The Labute approximate surface area is 116 Å². The summed E-state index contributed by atoms with van der Waals surface area (Å²) in [7, 11) is 0. The summed E-state index contributed by atoms with van der Waals surface area (Å²) in [5.41, 5.74) is 0.611. The lowest BCUT2D eigenvalue weighted by Gasteiger charge is -2.13. The molecule has 1 aromatic carbocycles. The minimum Gasteiger partial charge on any atom is -0.447 e. The molecule has 108 valence electrons. The fourth-order valence-electron chi connectivity index (χ4n) is 2.05. The third-order valence-electron chi connectivity index (χ3n) is 3.18. The maximum absolute atomic E-state index is 12.7. The number of aliphatic hydroxyl groups is 1. The Morgan fingerprint density at radius 2 is 2.10 bits per heavy atom. The van der Waals surface area contributed by atoms with Crippen LogP contribution < -0.4 is 0 Å². The highest BCUT2D eigenvalue weighted by atomic mass is 19.1.